The molecule has 31 heavy (non-hydrogen) atoms. The predicted octanol–water partition coefficient (Wildman–Crippen LogP) is 5.34. The number of ether oxygens (including phenoxy) is 2. The smallest absolute Gasteiger partial charge is 0.282 e. The maximum absolute atomic E-state index is 13.3. The van der Waals surface area contributed by atoms with Gasteiger partial charge in [0.15, 0.2) is 11.5 Å². The number of halogens is 1. The van der Waals surface area contributed by atoms with Gasteiger partial charge in [-0.1, -0.05) is 31.4 Å². The lowest BCUT2D eigenvalue weighted by Gasteiger charge is -2.22. The molecule has 1 aliphatic rings. The number of fused-ring (bicyclic) bond motifs is 1. The van der Waals surface area contributed by atoms with E-state index in [2.05, 4.69) is 27.7 Å². The zero-order valence-electron chi connectivity index (χ0n) is 17.8. The fourth-order valence-corrected chi connectivity index (χ4v) is 4.88. The highest BCUT2D eigenvalue weighted by atomic mass is 127. The lowest BCUT2D eigenvalue weighted by molar-refractivity contribution is 0.308. The van der Waals surface area contributed by atoms with Crippen molar-refractivity contribution >= 4 is 39.7 Å². The van der Waals surface area contributed by atoms with Crippen LogP contribution in [-0.4, -0.2) is 29.6 Å². The SMILES string of the molecule is CCOc1c(I)cc(C=Nn2c(C3CCCCC3)nc3ccccc3c2=O)cc1OC. The first kappa shape index (κ1) is 21.8. The second-order valence-electron chi connectivity index (χ2n) is 7.65. The number of hydrogen-bond donors (Lipinski definition) is 0. The zero-order chi connectivity index (χ0) is 21.8. The largest absolute Gasteiger partial charge is 0.493 e. The van der Waals surface area contributed by atoms with Gasteiger partial charge in [0, 0.05) is 5.92 Å². The molecule has 7 heteroatoms. The van der Waals surface area contributed by atoms with E-state index in [0.717, 1.165) is 51.9 Å². The van der Waals surface area contributed by atoms with E-state index in [0.29, 0.717) is 17.7 Å². The van der Waals surface area contributed by atoms with Crippen LogP contribution in [0.15, 0.2) is 46.3 Å². The van der Waals surface area contributed by atoms with Crippen molar-refractivity contribution in [3.8, 4) is 11.5 Å². The average Bonchev–Trinajstić information content (AvgIpc) is 2.80. The molecule has 4 rings (SSSR count). The van der Waals surface area contributed by atoms with Crippen molar-refractivity contribution in [3.05, 3.63) is 61.7 Å². The lowest BCUT2D eigenvalue weighted by Crippen LogP contribution is -2.25. The van der Waals surface area contributed by atoms with Crippen LogP contribution in [0, 0.1) is 3.57 Å². The Labute approximate surface area is 195 Å². The zero-order valence-corrected chi connectivity index (χ0v) is 20.0. The van der Waals surface area contributed by atoms with Crippen LogP contribution < -0.4 is 15.0 Å². The van der Waals surface area contributed by atoms with Crippen LogP contribution in [0.1, 0.15) is 56.3 Å². The molecule has 0 radical (unpaired) electrons. The van der Waals surface area contributed by atoms with E-state index in [1.807, 2.05) is 43.3 Å². The van der Waals surface area contributed by atoms with E-state index in [-0.39, 0.29) is 11.5 Å². The first-order valence-corrected chi connectivity index (χ1v) is 11.8. The van der Waals surface area contributed by atoms with Gasteiger partial charge in [0.05, 0.1) is 34.4 Å². The molecule has 0 spiro atoms. The molecule has 0 saturated heterocycles. The van der Waals surface area contributed by atoms with Crippen molar-refractivity contribution in [2.24, 2.45) is 5.10 Å². The van der Waals surface area contributed by atoms with Gasteiger partial charge in [-0.2, -0.15) is 9.78 Å². The van der Waals surface area contributed by atoms with Gasteiger partial charge >= 0.3 is 0 Å². The number of rotatable bonds is 6. The standard InChI is InChI=1S/C24H26IN3O3/c1-3-31-22-19(25)13-16(14-21(22)30-2)15-26-28-23(17-9-5-4-6-10-17)27-20-12-8-7-11-18(20)24(28)29/h7-8,11-15,17H,3-6,9-10H2,1-2H3. The molecule has 1 saturated carbocycles. The highest BCUT2D eigenvalue weighted by molar-refractivity contribution is 14.1. The molecule has 0 N–H and O–H groups in total. The van der Waals surface area contributed by atoms with Crippen molar-refractivity contribution < 1.29 is 9.47 Å². The summed E-state index contributed by atoms with van der Waals surface area (Å²) in [5.74, 6) is 2.37. The van der Waals surface area contributed by atoms with Crippen LogP contribution in [0.2, 0.25) is 0 Å². The van der Waals surface area contributed by atoms with E-state index in [1.165, 1.54) is 11.1 Å². The minimum Gasteiger partial charge on any atom is -0.493 e. The molecule has 0 aliphatic heterocycles. The van der Waals surface area contributed by atoms with Gasteiger partial charge in [-0.3, -0.25) is 4.79 Å². The molecular weight excluding hydrogens is 505 g/mol. The van der Waals surface area contributed by atoms with Crippen molar-refractivity contribution in [3.63, 3.8) is 0 Å². The summed E-state index contributed by atoms with van der Waals surface area (Å²) in [5, 5.41) is 5.19. The molecule has 1 fully saturated rings. The molecule has 3 aromatic rings. The summed E-state index contributed by atoms with van der Waals surface area (Å²) in [4.78, 5) is 18.2. The topological polar surface area (TPSA) is 65.7 Å². The van der Waals surface area contributed by atoms with Crippen molar-refractivity contribution in [1.82, 2.24) is 9.66 Å². The molecule has 162 valence electrons. The van der Waals surface area contributed by atoms with Crippen molar-refractivity contribution in [2.45, 2.75) is 44.9 Å². The van der Waals surface area contributed by atoms with Crippen molar-refractivity contribution in [1.29, 1.82) is 0 Å². The fraction of sp³-hybridized carbons (Fsp3) is 0.375. The van der Waals surface area contributed by atoms with Crippen LogP contribution >= 0.6 is 22.6 Å². The minimum atomic E-state index is -0.130. The van der Waals surface area contributed by atoms with E-state index in [1.54, 1.807) is 13.3 Å². The third-order valence-corrected chi connectivity index (χ3v) is 6.41. The van der Waals surface area contributed by atoms with Crippen LogP contribution in [-0.2, 0) is 0 Å². The van der Waals surface area contributed by atoms with E-state index in [4.69, 9.17) is 14.5 Å². The van der Waals surface area contributed by atoms with Gasteiger partial charge < -0.3 is 9.47 Å². The van der Waals surface area contributed by atoms with Crippen LogP contribution in [0.5, 0.6) is 11.5 Å². The van der Waals surface area contributed by atoms with Gasteiger partial charge in [-0.25, -0.2) is 4.98 Å². The number of para-hydroxylation sites is 1. The Balaban J connectivity index is 1.80. The Bertz CT molecular complexity index is 1170. The number of hydrogen-bond acceptors (Lipinski definition) is 5. The summed E-state index contributed by atoms with van der Waals surface area (Å²) in [5.41, 5.74) is 1.44. The van der Waals surface area contributed by atoms with E-state index >= 15 is 0 Å². The molecule has 2 aromatic carbocycles. The van der Waals surface area contributed by atoms with Gasteiger partial charge in [0.1, 0.15) is 5.82 Å². The highest BCUT2D eigenvalue weighted by Gasteiger charge is 2.22. The third kappa shape index (κ3) is 4.61. The number of aromatic nitrogens is 2. The monoisotopic (exact) mass is 531 g/mol. The van der Waals surface area contributed by atoms with Crippen molar-refractivity contribution in [2.75, 3.05) is 13.7 Å². The maximum Gasteiger partial charge on any atom is 0.282 e. The average molecular weight is 531 g/mol. The molecule has 1 aromatic heterocycles. The summed E-state index contributed by atoms with van der Waals surface area (Å²) in [7, 11) is 1.62. The van der Waals surface area contributed by atoms with Crippen LogP contribution in [0.3, 0.4) is 0 Å². The summed E-state index contributed by atoms with van der Waals surface area (Å²) in [6.45, 7) is 2.50. The molecule has 0 unspecified atom stereocenters. The number of methoxy groups -OCH3 is 1. The van der Waals surface area contributed by atoms with Crippen LogP contribution in [0.25, 0.3) is 10.9 Å². The van der Waals surface area contributed by atoms with Gasteiger partial charge in [-0.15, -0.1) is 0 Å². The van der Waals surface area contributed by atoms with Gasteiger partial charge in [-0.05, 0) is 72.2 Å². The normalized spacial score (nSPS) is 14.9. The van der Waals surface area contributed by atoms with E-state index < -0.39 is 0 Å². The Morgan fingerprint density at radius 1 is 1.23 bits per heavy atom. The third-order valence-electron chi connectivity index (χ3n) is 5.61. The summed E-state index contributed by atoms with van der Waals surface area (Å²) in [6, 6.07) is 11.3. The first-order valence-electron chi connectivity index (χ1n) is 10.7. The Morgan fingerprint density at radius 2 is 2.00 bits per heavy atom. The molecular formula is C24H26IN3O3. The Kier molecular flexibility index (Phi) is 6.89. The minimum absolute atomic E-state index is 0.130. The summed E-state index contributed by atoms with van der Waals surface area (Å²) >= 11 is 2.23. The molecule has 6 nitrogen and oxygen atoms in total. The quantitative estimate of drug-likeness (QED) is 0.318. The summed E-state index contributed by atoms with van der Waals surface area (Å²) < 4.78 is 13.6. The number of benzene rings is 2. The lowest BCUT2D eigenvalue weighted by atomic mass is 9.88. The molecule has 1 heterocycles. The second-order valence-corrected chi connectivity index (χ2v) is 8.81. The van der Waals surface area contributed by atoms with Gasteiger partial charge in [0.25, 0.3) is 5.56 Å². The molecule has 0 bridgehead atoms. The summed E-state index contributed by atoms with van der Waals surface area (Å²) in [6.07, 6.45) is 7.33. The van der Waals surface area contributed by atoms with Crippen LogP contribution in [0.4, 0.5) is 0 Å². The second kappa shape index (κ2) is 9.80. The Hall–Kier alpha value is -2.42. The highest BCUT2D eigenvalue weighted by Crippen LogP contribution is 2.34. The maximum atomic E-state index is 13.3. The fourth-order valence-electron chi connectivity index (χ4n) is 4.10. The Morgan fingerprint density at radius 3 is 2.74 bits per heavy atom. The molecule has 0 amide bonds. The molecule has 0 atom stereocenters. The van der Waals surface area contributed by atoms with E-state index in [9.17, 15) is 4.79 Å². The number of nitrogens with zero attached hydrogens (tertiary/aromatic N) is 3. The predicted molar refractivity (Wildman–Crippen MR) is 132 cm³/mol. The van der Waals surface area contributed by atoms with Gasteiger partial charge in [0.2, 0.25) is 0 Å². The molecule has 1 aliphatic carbocycles. The first-order chi connectivity index (χ1) is 15.1.